The van der Waals surface area contributed by atoms with Crippen LogP contribution >= 0.6 is 0 Å². The molecule has 0 aromatic carbocycles. The molecule has 0 bridgehead atoms. The summed E-state index contributed by atoms with van der Waals surface area (Å²) in [5.41, 5.74) is 0. The van der Waals surface area contributed by atoms with Crippen LogP contribution in [0, 0.1) is 11.8 Å². The highest BCUT2D eigenvalue weighted by molar-refractivity contribution is 5.86. The Bertz CT molecular complexity index is 355. The Morgan fingerprint density at radius 2 is 1.94 bits per heavy atom. The van der Waals surface area contributed by atoms with Crippen molar-refractivity contribution in [2.45, 2.75) is 25.8 Å². The quantitative estimate of drug-likeness (QED) is 0.374. The van der Waals surface area contributed by atoms with E-state index in [1.807, 2.05) is 5.32 Å². The summed E-state index contributed by atoms with van der Waals surface area (Å²) < 4.78 is 0. The number of hydrogen-bond donors (Lipinski definition) is 4. The van der Waals surface area contributed by atoms with Gasteiger partial charge in [0.25, 0.3) is 0 Å². The molecule has 94 valence electrons. The summed E-state index contributed by atoms with van der Waals surface area (Å²) in [6.45, 7) is 1.93. The van der Waals surface area contributed by atoms with Gasteiger partial charge in [0, 0.05) is 13.0 Å². The normalized spacial score (nSPS) is 10.6. The van der Waals surface area contributed by atoms with E-state index in [4.69, 9.17) is 10.2 Å². The number of aliphatic carboxylic acids is 2. The second-order valence-corrected chi connectivity index (χ2v) is 3.07. The van der Waals surface area contributed by atoms with Gasteiger partial charge < -0.3 is 20.8 Å². The molecule has 7 heteroatoms. The Kier molecular flexibility index (Phi) is 6.94. The van der Waals surface area contributed by atoms with E-state index in [0.717, 1.165) is 0 Å². The molecule has 2 amide bonds. The SMILES string of the molecule is CC#CCCNC(=O)N[C@H](CC(=O)O)C(=O)O. The second kappa shape index (κ2) is 7.98. The number of carbonyl (C=O) groups is 3. The van der Waals surface area contributed by atoms with Crippen molar-refractivity contribution in [1.29, 1.82) is 0 Å². The zero-order valence-corrected chi connectivity index (χ0v) is 9.32. The lowest BCUT2D eigenvalue weighted by atomic mass is 10.2. The first kappa shape index (κ1) is 14.8. The molecule has 0 radical (unpaired) electrons. The standard InChI is InChI=1S/C10H14N2O5/c1-2-3-4-5-11-10(17)12-7(9(15)16)6-8(13)14/h7H,4-6H2,1H3,(H,13,14)(H,15,16)(H2,11,12,17)/t7-/m1/s1. The molecule has 0 heterocycles. The average molecular weight is 242 g/mol. The van der Waals surface area contributed by atoms with Crippen molar-refractivity contribution in [1.82, 2.24) is 10.6 Å². The van der Waals surface area contributed by atoms with Crippen LogP contribution in [0.4, 0.5) is 4.79 Å². The van der Waals surface area contributed by atoms with E-state index in [1.54, 1.807) is 6.92 Å². The zero-order chi connectivity index (χ0) is 13.3. The molecule has 0 saturated heterocycles. The summed E-state index contributed by atoms with van der Waals surface area (Å²) in [6.07, 6.45) is -0.224. The third kappa shape index (κ3) is 7.67. The summed E-state index contributed by atoms with van der Waals surface area (Å²) >= 11 is 0. The van der Waals surface area contributed by atoms with Gasteiger partial charge in [-0.2, -0.15) is 0 Å². The Balaban J connectivity index is 4.07. The van der Waals surface area contributed by atoms with Crippen molar-refractivity contribution in [3.05, 3.63) is 0 Å². The molecule has 17 heavy (non-hydrogen) atoms. The van der Waals surface area contributed by atoms with E-state index in [-0.39, 0.29) is 6.54 Å². The highest BCUT2D eigenvalue weighted by atomic mass is 16.4. The van der Waals surface area contributed by atoms with Crippen LogP contribution in [0.5, 0.6) is 0 Å². The molecule has 0 fully saturated rings. The molecule has 0 aliphatic carbocycles. The monoisotopic (exact) mass is 242 g/mol. The summed E-state index contributed by atoms with van der Waals surface area (Å²) in [5.74, 6) is 2.65. The van der Waals surface area contributed by atoms with Gasteiger partial charge in [-0.3, -0.25) is 4.79 Å². The number of nitrogens with one attached hydrogen (secondary N) is 2. The molecule has 0 unspecified atom stereocenters. The molecule has 1 atom stereocenters. The number of carboxylic acids is 2. The van der Waals surface area contributed by atoms with E-state index in [0.29, 0.717) is 6.42 Å². The zero-order valence-electron chi connectivity index (χ0n) is 9.32. The van der Waals surface area contributed by atoms with Crippen LogP contribution in [0.1, 0.15) is 19.8 Å². The van der Waals surface area contributed by atoms with Gasteiger partial charge in [-0.05, 0) is 6.92 Å². The van der Waals surface area contributed by atoms with Crippen LogP contribution in [-0.4, -0.2) is 40.8 Å². The number of carbonyl (C=O) groups excluding carboxylic acids is 1. The number of rotatable bonds is 6. The van der Waals surface area contributed by atoms with E-state index < -0.39 is 30.4 Å². The minimum atomic E-state index is -1.44. The van der Waals surface area contributed by atoms with Crippen molar-refractivity contribution < 1.29 is 24.6 Å². The highest BCUT2D eigenvalue weighted by Gasteiger charge is 2.22. The predicted molar refractivity (Wildman–Crippen MR) is 58.3 cm³/mol. The molecule has 4 N–H and O–H groups in total. The molecule has 0 rings (SSSR count). The molecule has 7 nitrogen and oxygen atoms in total. The molecule has 0 aromatic heterocycles. The van der Waals surface area contributed by atoms with Crippen LogP contribution in [0.3, 0.4) is 0 Å². The number of amides is 2. The second-order valence-electron chi connectivity index (χ2n) is 3.07. The number of carboxylic acid groups (broad SMARTS) is 2. The van der Waals surface area contributed by atoms with Gasteiger partial charge in [0.15, 0.2) is 0 Å². The van der Waals surface area contributed by atoms with Gasteiger partial charge in [0.05, 0.1) is 6.42 Å². The van der Waals surface area contributed by atoms with E-state index in [2.05, 4.69) is 17.2 Å². The summed E-state index contributed by atoms with van der Waals surface area (Å²) in [6, 6.07) is -2.17. The van der Waals surface area contributed by atoms with Crippen LogP contribution < -0.4 is 10.6 Å². The largest absolute Gasteiger partial charge is 0.481 e. The van der Waals surface area contributed by atoms with Crippen LogP contribution in [0.2, 0.25) is 0 Å². The van der Waals surface area contributed by atoms with Crippen molar-refractivity contribution in [2.24, 2.45) is 0 Å². The molecule has 0 aliphatic heterocycles. The Hall–Kier alpha value is -2.23. The van der Waals surface area contributed by atoms with E-state index in [9.17, 15) is 14.4 Å². The minimum Gasteiger partial charge on any atom is -0.481 e. The fourth-order valence-corrected chi connectivity index (χ4v) is 0.948. The fraction of sp³-hybridized carbons (Fsp3) is 0.500. The van der Waals surface area contributed by atoms with Crippen molar-refractivity contribution in [3.8, 4) is 11.8 Å². The smallest absolute Gasteiger partial charge is 0.326 e. The Labute approximate surface area is 98.2 Å². The van der Waals surface area contributed by atoms with Crippen LogP contribution in [-0.2, 0) is 9.59 Å². The summed E-state index contributed by atoms with van der Waals surface area (Å²) in [5, 5.41) is 21.5. The molecule has 0 saturated carbocycles. The molecular weight excluding hydrogens is 228 g/mol. The van der Waals surface area contributed by atoms with Gasteiger partial charge in [-0.15, -0.1) is 11.8 Å². The van der Waals surface area contributed by atoms with Gasteiger partial charge in [-0.1, -0.05) is 0 Å². The van der Waals surface area contributed by atoms with Gasteiger partial charge in [-0.25, -0.2) is 9.59 Å². The molecule has 0 aromatic rings. The van der Waals surface area contributed by atoms with E-state index >= 15 is 0 Å². The van der Waals surface area contributed by atoms with Crippen molar-refractivity contribution >= 4 is 18.0 Å². The third-order valence-electron chi connectivity index (χ3n) is 1.69. The minimum absolute atomic E-state index is 0.270. The average Bonchev–Trinajstić information content (AvgIpc) is 2.22. The third-order valence-corrected chi connectivity index (χ3v) is 1.69. The maximum absolute atomic E-state index is 11.2. The predicted octanol–water partition coefficient (Wildman–Crippen LogP) is -0.373. The first-order valence-corrected chi connectivity index (χ1v) is 4.86. The lowest BCUT2D eigenvalue weighted by Gasteiger charge is -2.12. The van der Waals surface area contributed by atoms with Crippen molar-refractivity contribution in [2.75, 3.05) is 6.54 Å². The van der Waals surface area contributed by atoms with Gasteiger partial charge in [0.1, 0.15) is 6.04 Å². The van der Waals surface area contributed by atoms with Crippen LogP contribution in [0.15, 0.2) is 0 Å². The summed E-state index contributed by atoms with van der Waals surface area (Å²) in [4.78, 5) is 32.1. The van der Waals surface area contributed by atoms with E-state index in [1.165, 1.54) is 0 Å². The molecule has 0 spiro atoms. The lowest BCUT2D eigenvalue weighted by Crippen LogP contribution is -2.47. The maximum atomic E-state index is 11.2. The Morgan fingerprint density at radius 3 is 2.41 bits per heavy atom. The molecular formula is C10H14N2O5. The topological polar surface area (TPSA) is 116 Å². The van der Waals surface area contributed by atoms with Gasteiger partial charge >= 0.3 is 18.0 Å². The van der Waals surface area contributed by atoms with Crippen LogP contribution in [0.25, 0.3) is 0 Å². The number of urea groups is 1. The van der Waals surface area contributed by atoms with Crippen molar-refractivity contribution in [3.63, 3.8) is 0 Å². The maximum Gasteiger partial charge on any atom is 0.326 e. The fourth-order valence-electron chi connectivity index (χ4n) is 0.948. The first-order valence-electron chi connectivity index (χ1n) is 4.86. The lowest BCUT2D eigenvalue weighted by molar-refractivity contribution is -0.145. The highest BCUT2D eigenvalue weighted by Crippen LogP contribution is 1.92. The van der Waals surface area contributed by atoms with Gasteiger partial charge in [0.2, 0.25) is 0 Å². The Morgan fingerprint density at radius 1 is 1.29 bits per heavy atom. The first-order chi connectivity index (χ1) is 7.97. The summed E-state index contributed by atoms with van der Waals surface area (Å²) in [7, 11) is 0. The number of hydrogen-bond acceptors (Lipinski definition) is 3. The molecule has 0 aliphatic rings.